The molecule has 0 aromatic rings. The van der Waals surface area contributed by atoms with Gasteiger partial charge in [-0.25, -0.2) is 9.59 Å². The van der Waals surface area contributed by atoms with Crippen molar-refractivity contribution < 1.29 is 24.2 Å². The minimum Gasteiger partial charge on any atom is -0.448 e. The predicted octanol–water partition coefficient (Wildman–Crippen LogP) is -0.358. The van der Waals surface area contributed by atoms with Crippen LogP contribution in [0.1, 0.15) is 6.42 Å². The van der Waals surface area contributed by atoms with Crippen LogP contribution in [0.5, 0.6) is 0 Å². The van der Waals surface area contributed by atoms with Gasteiger partial charge in [0.2, 0.25) is 0 Å². The van der Waals surface area contributed by atoms with E-state index in [1.165, 1.54) is 4.90 Å². The molecule has 1 atom stereocenters. The second-order valence-electron chi connectivity index (χ2n) is 4.04. The van der Waals surface area contributed by atoms with E-state index in [2.05, 4.69) is 0 Å². The molecule has 0 aromatic carbocycles. The number of aliphatic hydroxyl groups excluding tert-OH is 1. The number of carbonyl (C=O) groups excluding carboxylic acids is 2. The molecule has 7 nitrogen and oxygen atoms in total. The van der Waals surface area contributed by atoms with Gasteiger partial charge in [-0.05, 0) is 6.42 Å². The van der Waals surface area contributed by atoms with Gasteiger partial charge >= 0.3 is 12.2 Å². The molecule has 0 saturated carbocycles. The van der Waals surface area contributed by atoms with Crippen LogP contribution in [-0.2, 0) is 9.47 Å². The van der Waals surface area contributed by atoms with E-state index in [9.17, 15) is 9.59 Å². The lowest BCUT2D eigenvalue weighted by molar-refractivity contribution is 0.146. The molecule has 0 aromatic heterocycles. The van der Waals surface area contributed by atoms with Gasteiger partial charge in [0, 0.05) is 13.1 Å². The molecule has 2 rings (SSSR count). The average molecular weight is 244 g/mol. The molecule has 17 heavy (non-hydrogen) atoms. The number of hydrogen-bond acceptors (Lipinski definition) is 5. The van der Waals surface area contributed by atoms with Crippen LogP contribution in [0.15, 0.2) is 0 Å². The van der Waals surface area contributed by atoms with Crippen LogP contribution >= 0.6 is 0 Å². The van der Waals surface area contributed by atoms with E-state index >= 15 is 0 Å². The molecule has 1 unspecified atom stereocenters. The van der Waals surface area contributed by atoms with Crippen LogP contribution < -0.4 is 0 Å². The third kappa shape index (κ3) is 2.60. The summed E-state index contributed by atoms with van der Waals surface area (Å²) in [6.45, 7) is 2.08. The molecule has 2 heterocycles. The van der Waals surface area contributed by atoms with E-state index in [0.717, 1.165) is 0 Å². The topological polar surface area (TPSA) is 79.3 Å². The Morgan fingerprint density at radius 1 is 1.24 bits per heavy atom. The smallest absolute Gasteiger partial charge is 0.410 e. The quantitative estimate of drug-likeness (QED) is 0.714. The van der Waals surface area contributed by atoms with Crippen molar-refractivity contribution in [1.82, 2.24) is 9.80 Å². The van der Waals surface area contributed by atoms with E-state index in [4.69, 9.17) is 14.6 Å². The molecular weight excluding hydrogens is 228 g/mol. The Labute approximate surface area is 98.9 Å². The van der Waals surface area contributed by atoms with E-state index in [0.29, 0.717) is 32.7 Å². The van der Waals surface area contributed by atoms with Crippen molar-refractivity contribution in [3.63, 3.8) is 0 Å². The highest BCUT2D eigenvalue weighted by atomic mass is 16.6. The van der Waals surface area contributed by atoms with Gasteiger partial charge < -0.3 is 19.5 Å². The van der Waals surface area contributed by atoms with Crippen molar-refractivity contribution in [2.24, 2.45) is 0 Å². The molecule has 2 fully saturated rings. The van der Waals surface area contributed by atoms with Crippen molar-refractivity contribution in [3.05, 3.63) is 0 Å². The maximum absolute atomic E-state index is 11.3. The Kier molecular flexibility index (Phi) is 3.68. The van der Waals surface area contributed by atoms with Crippen molar-refractivity contribution in [2.75, 3.05) is 39.5 Å². The molecule has 7 heteroatoms. The molecule has 1 N–H and O–H groups in total. The van der Waals surface area contributed by atoms with Gasteiger partial charge in [-0.3, -0.25) is 4.90 Å². The maximum Gasteiger partial charge on any atom is 0.410 e. The van der Waals surface area contributed by atoms with Gasteiger partial charge in [0.1, 0.15) is 13.2 Å². The number of ether oxygens (including phenoxy) is 2. The van der Waals surface area contributed by atoms with Gasteiger partial charge in [-0.1, -0.05) is 0 Å². The number of rotatable bonds is 5. The first kappa shape index (κ1) is 12.0. The summed E-state index contributed by atoms with van der Waals surface area (Å²) >= 11 is 0. The van der Waals surface area contributed by atoms with Gasteiger partial charge in [-0.2, -0.15) is 0 Å². The summed E-state index contributed by atoms with van der Waals surface area (Å²) < 4.78 is 9.73. The number of amides is 2. The summed E-state index contributed by atoms with van der Waals surface area (Å²) in [5.74, 6) is 0. The van der Waals surface area contributed by atoms with Gasteiger partial charge in [-0.15, -0.1) is 0 Å². The predicted molar refractivity (Wildman–Crippen MR) is 56.5 cm³/mol. The second-order valence-corrected chi connectivity index (χ2v) is 4.04. The molecule has 0 radical (unpaired) electrons. The van der Waals surface area contributed by atoms with Crippen LogP contribution in [0.4, 0.5) is 9.59 Å². The fourth-order valence-electron chi connectivity index (χ4n) is 2.04. The van der Waals surface area contributed by atoms with Crippen molar-refractivity contribution in [3.8, 4) is 0 Å². The summed E-state index contributed by atoms with van der Waals surface area (Å²) in [4.78, 5) is 25.6. The summed E-state index contributed by atoms with van der Waals surface area (Å²) in [6.07, 6.45) is -0.0575. The Morgan fingerprint density at radius 3 is 2.71 bits per heavy atom. The number of aliphatic hydroxyl groups is 1. The zero-order valence-corrected chi connectivity index (χ0v) is 9.50. The molecule has 0 spiro atoms. The van der Waals surface area contributed by atoms with Gasteiger partial charge in [0.25, 0.3) is 0 Å². The van der Waals surface area contributed by atoms with Gasteiger partial charge in [0.05, 0.1) is 19.2 Å². The van der Waals surface area contributed by atoms with Crippen LogP contribution in [0.25, 0.3) is 0 Å². The largest absolute Gasteiger partial charge is 0.448 e. The molecule has 2 aliphatic rings. The molecule has 2 saturated heterocycles. The van der Waals surface area contributed by atoms with Crippen molar-refractivity contribution >= 4 is 12.2 Å². The number of nitrogens with zero attached hydrogens (tertiary/aromatic N) is 2. The average Bonchev–Trinajstić information content (AvgIpc) is 2.86. The SMILES string of the molecule is O=C1OCCN1CCC1COC(=O)N1CCO. The lowest BCUT2D eigenvalue weighted by atomic mass is 10.2. The minimum absolute atomic E-state index is 0.0666. The third-order valence-corrected chi connectivity index (χ3v) is 2.99. The molecule has 0 aliphatic carbocycles. The standard InChI is InChI=1S/C10H16N2O5/c13-5-3-12-8(7-17-10(12)15)1-2-11-4-6-16-9(11)14/h8,13H,1-7H2. The Bertz CT molecular complexity index is 309. The van der Waals surface area contributed by atoms with Gasteiger partial charge in [0.15, 0.2) is 0 Å². The Balaban J connectivity index is 1.81. The van der Waals surface area contributed by atoms with E-state index < -0.39 is 6.09 Å². The normalized spacial score (nSPS) is 24.2. The number of carbonyl (C=O) groups is 2. The highest BCUT2D eigenvalue weighted by Gasteiger charge is 2.33. The fourth-order valence-corrected chi connectivity index (χ4v) is 2.04. The monoisotopic (exact) mass is 244 g/mol. The van der Waals surface area contributed by atoms with E-state index in [1.807, 2.05) is 0 Å². The van der Waals surface area contributed by atoms with Crippen LogP contribution in [-0.4, -0.2) is 72.6 Å². The van der Waals surface area contributed by atoms with Crippen molar-refractivity contribution in [1.29, 1.82) is 0 Å². The van der Waals surface area contributed by atoms with E-state index in [-0.39, 0.29) is 25.3 Å². The van der Waals surface area contributed by atoms with Crippen LogP contribution in [0, 0.1) is 0 Å². The Hall–Kier alpha value is -1.50. The lowest BCUT2D eigenvalue weighted by Gasteiger charge is -2.22. The van der Waals surface area contributed by atoms with Crippen LogP contribution in [0.2, 0.25) is 0 Å². The summed E-state index contributed by atoms with van der Waals surface area (Å²) in [5, 5.41) is 8.85. The lowest BCUT2D eigenvalue weighted by Crippen LogP contribution is -2.38. The zero-order chi connectivity index (χ0) is 12.3. The fraction of sp³-hybridized carbons (Fsp3) is 0.800. The first-order chi connectivity index (χ1) is 8.22. The molecule has 2 amide bonds. The van der Waals surface area contributed by atoms with Crippen LogP contribution in [0.3, 0.4) is 0 Å². The Morgan fingerprint density at radius 2 is 2.06 bits per heavy atom. The molecular formula is C10H16N2O5. The minimum atomic E-state index is -0.395. The summed E-state index contributed by atoms with van der Waals surface area (Å²) in [6, 6.07) is -0.0666. The summed E-state index contributed by atoms with van der Waals surface area (Å²) in [7, 11) is 0. The highest BCUT2D eigenvalue weighted by Crippen LogP contribution is 2.16. The van der Waals surface area contributed by atoms with E-state index in [1.54, 1.807) is 4.90 Å². The first-order valence-corrected chi connectivity index (χ1v) is 5.68. The molecule has 2 aliphatic heterocycles. The number of β-amino-alcohol motifs (C(OH)–C–C–N with tert-alkyl or cyclic N) is 1. The molecule has 96 valence electrons. The zero-order valence-electron chi connectivity index (χ0n) is 9.50. The number of hydrogen-bond donors (Lipinski definition) is 1. The third-order valence-electron chi connectivity index (χ3n) is 2.99. The molecule has 0 bridgehead atoms. The van der Waals surface area contributed by atoms with Crippen molar-refractivity contribution in [2.45, 2.75) is 12.5 Å². The first-order valence-electron chi connectivity index (χ1n) is 5.68. The maximum atomic E-state index is 11.3. The summed E-state index contributed by atoms with van der Waals surface area (Å²) in [5.41, 5.74) is 0. The number of cyclic esters (lactones) is 2. The second kappa shape index (κ2) is 5.22. The highest BCUT2D eigenvalue weighted by molar-refractivity contribution is 5.70.